The summed E-state index contributed by atoms with van der Waals surface area (Å²) in [5.41, 5.74) is 2.93. The first kappa shape index (κ1) is 53.2. The van der Waals surface area contributed by atoms with E-state index >= 15 is 0 Å². The number of hydrogen-bond acceptors (Lipinski definition) is 8. The minimum absolute atomic E-state index is 0.0498. The van der Waals surface area contributed by atoms with Gasteiger partial charge in [0.2, 0.25) is 0 Å². The van der Waals surface area contributed by atoms with E-state index in [1.54, 1.807) is 6.08 Å². The second-order valence-electron chi connectivity index (χ2n) is 22.6. The molecule has 0 aliphatic heterocycles. The highest BCUT2D eigenvalue weighted by Crippen LogP contribution is 2.46. The lowest BCUT2D eigenvalue weighted by Gasteiger charge is -2.39. The molecule has 0 saturated heterocycles. The van der Waals surface area contributed by atoms with Crippen molar-refractivity contribution in [3.8, 4) is 23.0 Å². The molecule has 0 radical (unpaired) electrons. The molecule has 4 rings (SSSR count). The number of aliphatic carboxylic acids is 1. The fourth-order valence-corrected chi connectivity index (χ4v) is 8.90. The second-order valence-corrected chi connectivity index (χ2v) is 41.5. The van der Waals surface area contributed by atoms with Crippen molar-refractivity contribution < 1.29 is 32.1 Å². The van der Waals surface area contributed by atoms with Gasteiger partial charge in [-0.25, -0.2) is 4.79 Å². The maximum atomic E-state index is 10.9. The summed E-state index contributed by atoms with van der Waals surface area (Å²) in [5, 5.41) is 13.3. The molecule has 1 N–H and O–H groups in total. The molecular weight excluding hydrogens is 853 g/mol. The molecular formula is C50H78N2O7Si4. The molecule has 0 amide bonds. The molecule has 0 atom stereocenters. The van der Waals surface area contributed by atoms with Gasteiger partial charge < -0.3 is 27.3 Å². The Bertz CT molecular complexity index is 2200. The highest BCUT2D eigenvalue weighted by Gasteiger charge is 2.43. The van der Waals surface area contributed by atoms with Crippen molar-refractivity contribution in [3.63, 3.8) is 0 Å². The number of rotatable bonds is 14. The summed E-state index contributed by atoms with van der Waals surface area (Å²) in [7, 11) is -8.20. The average Bonchev–Trinajstić information content (AvgIpc) is 3.57. The first-order valence-electron chi connectivity index (χ1n) is 22.0. The summed E-state index contributed by atoms with van der Waals surface area (Å²) < 4.78 is 32.0. The largest absolute Gasteiger partial charge is 0.541 e. The highest BCUT2D eigenvalue weighted by molar-refractivity contribution is 6.76. The molecule has 0 fully saturated rings. The minimum Gasteiger partial charge on any atom is -0.541 e. The van der Waals surface area contributed by atoms with Crippen LogP contribution in [0.25, 0.3) is 18.2 Å². The Morgan fingerprint density at radius 3 is 1.32 bits per heavy atom. The molecule has 1 heterocycles. The number of carbonyl (C=O) groups is 1. The lowest BCUT2D eigenvalue weighted by Crippen LogP contribution is -2.45. The van der Waals surface area contributed by atoms with Crippen LogP contribution >= 0.6 is 0 Å². The predicted octanol–water partition coefficient (Wildman–Crippen LogP) is 15.2. The number of nitrogens with zero attached hydrogens (tertiary/aromatic N) is 2. The zero-order valence-electron chi connectivity index (χ0n) is 42.2. The molecule has 9 nitrogen and oxygen atoms in total. The van der Waals surface area contributed by atoms with E-state index in [1.165, 1.54) is 0 Å². The fraction of sp³-hybridized carbons (Fsp3) is 0.500. The van der Waals surface area contributed by atoms with Gasteiger partial charge in [0.15, 0.2) is 5.82 Å². The summed E-state index contributed by atoms with van der Waals surface area (Å²) in [4.78, 5) is 15.4. The minimum atomic E-state index is -2.07. The second kappa shape index (κ2) is 19.9. The molecule has 63 heavy (non-hydrogen) atoms. The SMILES string of the molecule is CC(C)(C)[Si](C)(C)Oc1ccc(C=CC(=O)O)cc1O[Si](C)(C)C(C)(C)C.CC(C)(C)[Si](C)(C)Oc1ccc(C=Cc2nc(Cc3ccccc3)no2)cc1O[Si](C)(C)C(C)(C)C. The van der Waals surface area contributed by atoms with Gasteiger partial charge in [0.05, 0.1) is 0 Å². The summed E-state index contributed by atoms with van der Waals surface area (Å²) in [6, 6.07) is 22.0. The molecule has 0 aliphatic rings. The van der Waals surface area contributed by atoms with Crippen molar-refractivity contribution >= 4 is 57.5 Å². The van der Waals surface area contributed by atoms with Crippen molar-refractivity contribution in [2.24, 2.45) is 0 Å². The van der Waals surface area contributed by atoms with Gasteiger partial charge in [-0.3, -0.25) is 0 Å². The van der Waals surface area contributed by atoms with E-state index in [1.807, 2.05) is 54.6 Å². The Morgan fingerprint density at radius 2 is 0.937 bits per heavy atom. The van der Waals surface area contributed by atoms with Gasteiger partial charge in [0, 0.05) is 18.6 Å². The zero-order valence-corrected chi connectivity index (χ0v) is 46.2. The number of benzene rings is 3. The van der Waals surface area contributed by atoms with Gasteiger partial charge in [-0.2, -0.15) is 4.98 Å². The van der Waals surface area contributed by atoms with Crippen molar-refractivity contribution in [1.82, 2.24) is 10.1 Å². The molecule has 0 unspecified atom stereocenters. The fourth-order valence-electron chi connectivity index (χ4n) is 4.82. The Balaban J connectivity index is 0.000000351. The number of carboxylic acid groups (broad SMARTS) is 1. The van der Waals surface area contributed by atoms with Crippen molar-refractivity contribution in [2.45, 2.75) is 162 Å². The quantitative estimate of drug-likeness (QED) is 0.0975. The third kappa shape index (κ3) is 15.2. The first-order valence-corrected chi connectivity index (χ1v) is 33.7. The van der Waals surface area contributed by atoms with Crippen LogP contribution in [0.15, 0.2) is 77.3 Å². The Kier molecular flexibility index (Phi) is 16.8. The Labute approximate surface area is 384 Å². The van der Waals surface area contributed by atoms with Gasteiger partial charge in [0.25, 0.3) is 39.2 Å². The van der Waals surface area contributed by atoms with E-state index in [0.717, 1.165) is 40.0 Å². The van der Waals surface area contributed by atoms with E-state index < -0.39 is 39.2 Å². The normalized spacial score (nSPS) is 13.5. The summed E-state index contributed by atoms with van der Waals surface area (Å²) in [6.45, 7) is 44.6. The maximum absolute atomic E-state index is 10.9. The van der Waals surface area contributed by atoms with Crippen LogP contribution in [0.3, 0.4) is 0 Å². The standard InChI is InChI=1S/C29H42N2O3Si2.C21H36O4Si2/c1-28(2,3)35(7,8)33-24-18-16-23(20-25(24)34-36(9,10)29(4,5)6)17-19-27-30-26(31-32-27)21-22-14-12-11-13-15-22;1-20(2,3)26(7,8)24-17-13-11-16(12-14-19(22)23)15-18(17)25-27(9,10)21(4,5)6/h11-20H,21H2,1-10H3;11-15H,1-10H3,(H,22,23). The third-order valence-corrected chi connectivity index (χ3v) is 30.5. The van der Waals surface area contributed by atoms with Crippen LogP contribution in [0.4, 0.5) is 0 Å². The van der Waals surface area contributed by atoms with Crippen LogP contribution in [0, 0.1) is 0 Å². The van der Waals surface area contributed by atoms with E-state index in [0.29, 0.717) is 23.9 Å². The van der Waals surface area contributed by atoms with Crippen LogP contribution in [-0.2, 0) is 11.2 Å². The lowest BCUT2D eigenvalue weighted by atomic mass is 10.1. The molecule has 13 heteroatoms. The third-order valence-electron chi connectivity index (χ3n) is 13.1. The monoisotopic (exact) mass is 930 g/mol. The van der Waals surface area contributed by atoms with E-state index in [2.05, 4.69) is 170 Å². The summed E-state index contributed by atoms with van der Waals surface area (Å²) in [5.74, 6) is 3.27. The first-order chi connectivity index (χ1) is 28.5. The van der Waals surface area contributed by atoms with Crippen LogP contribution in [0.1, 0.15) is 111 Å². The van der Waals surface area contributed by atoms with Gasteiger partial charge in [-0.15, -0.1) is 0 Å². The van der Waals surface area contributed by atoms with Gasteiger partial charge in [-0.1, -0.05) is 131 Å². The van der Waals surface area contributed by atoms with Gasteiger partial charge in [-0.05, 0) is 126 Å². The predicted molar refractivity (Wildman–Crippen MR) is 273 cm³/mol. The smallest absolute Gasteiger partial charge is 0.328 e. The highest BCUT2D eigenvalue weighted by atomic mass is 28.4. The van der Waals surface area contributed by atoms with Gasteiger partial charge >= 0.3 is 5.97 Å². The number of aromatic nitrogens is 2. The zero-order chi connectivity index (χ0) is 48.0. The maximum Gasteiger partial charge on any atom is 0.328 e. The van der Waals surface area contributed by atoms with Crippen molar-refractivity contribution in [3.05, 3.63) is 101 Å². The molecule has 346 valence electrons. The topological polar surface area (TPSA) is 113 Å². The van der Waals surface area contributed by atoms with E-state index in [-0.39, 0.29) is 20.2 Å². The molecule has 0 bridgehead atoms. The lowest BCUT2D eigenvalue weighted by molar-refractivity contribution is -0.131. The summed E-state index contributed by atoms with van der Waals surface area (Å²) in [6.07, 6.45) is 7.19. The summed E-state index contributed by atoms with van der Waals surface area (Å²) >= 11 is 0. The Hall–Kier alpha value is -4.18. The van der Waals surface area contributed by atoms with E-state index in [4.69, 9.17) is 27.3 Å². The number of carboxylic acids is 1. The van der Waals surface area contributed by atoms with Crippen LogP contribution in [-0.4, -0.2) is 54.5 Å². The molecule has 1 aromatic heterocycles. The molecule has 4 aromatic rings. The van der Waals surface area contributed by atoms with Gasteiger partial charge in [0.1, 0.15) is 23.0 Å². The molecule has 0 spiro atoms. The average molecular weight is 932 g/mol. The molecule has 0 saturated carbocycles. The van der Waals surface area contributed by atoms with E-state index in [9.17, 15) is 4.79 Å². The number of hydrogen-bond donors (Lipinski definition) is 1. The molecule has 0 aliphatic carbocycles. The van der Waals surface area contributed by atoms with Crippen LogP contribution < -0.4 is 17.7 Å². The van der Waals surface area contributed by atoms with Crippen molar-refractivity contribution in [1.29, 1.82) is 0 Å². The van der Waals surface area contributed by atoms with Crippen LogP contribution in [0.5, 0.6) is 23.0 Å². The Morgan fingerprint density at radius 1 is 0.556 bits per heavy atom. The van der Waals surface area contributed by atoms with Crippen LogP contribution in [0.2, 0.25) is 72.5 Å². The van der Waals surface area contributed by atoms with Crippen molar-refractivity contribution in [2.75, 3.05) is 0 Å². The molecule has 3 aromatic carbocycles.